The van der Waals surface area contributed by atoms with Gasteiger partial charge in [0.25, 0.3) is 5.91 Å². The van der Waals surface area contributed by atoms with Crippen LogP contribution in [-0.4, -0.2) is 42.2 Å². The fourth-order valence-corrected chi connectivity index (χ4v) is 1.40. The molecule has 2 aromatic heterocycles. The largest absolute Gasteiger partial charge is 0.477 e. The summed E-state index contributed by atoms with van der Waals surface area (Å²) in [6.45, 7) is 1.55. The molecule has 18 heavy (non-hydrogen) atoms. The summed E-state index contributed by atoms with van der Waals surface area (Å²) >= 11 is 0. The second-order valence-electron chi connectivity index (χ2n) is 3.61. The van der Waals surface area contributed by atoms with Gasteiger partial charge in [0, 0.05) is 12.7 Å². The van der Waals surface area contributed by atoms with Gasteiger partial charge in [0.15, 0.2) is 11.5 Å². The van der Waals surface area contributed by atoms with Crippen LogP contribution in [0.25, 0.3) is 0 Å². The standard InChI is InChI=1S/C9H10N6O3/c1-4-6(9(17)18)7(13-11-4)10-8(16)5-3-15(2)14-12-5/h3H,1-2H3,(H,17,18)(H2,10,11,13,16). The highest BCUT2D eigenvalue weighted by atomic mass is 16.4. The molecule has 9 nitrogen and oxygen atoms in total. The average molecular weight is 250 g/mol. The van der Waals surface area contributed by atoms with Crippen molar-refractivity contribution in [1.82, 2.24) is 25.2 Å². The summed E-state index contributed by atoms with van der Waals surface area (Å²) in [5.41, 5.74) is 0.360. The Labute approximate surface area is 101 Å². The van der Waals surface area contributed by atoms with Gasteiger partial charge in [0.05, 0.1) is 6.20 Å². The van der Waals surface area contributed by atoms with E-state index in [1.54, 1.807) is 14.0 Å². The number of rotatable bonds is 3. The zero-order chi connectivity index (χ0) is 13.3. The molecular formula is C9H10N6O3. The van der Waals surface area contributed by atoms with Crippen molar-refractivity contribution in [2.45, 2.75) is 6.92 Å². The van der Waals surface area contributed by atoms with Gasteiger partial charge in [-0.1, -0.05) is 5.21 Å². The van der Waals surface area contributed by atoms with Crippen LogP contribution in [0.15, 0.2) is 6.20 Å². The molecule has 3 N–H and O–H groups in total. The molecule has 2 heterocycles. The lowest BCUT2D eigenvalue weighted by atomic mass is 10.2. The first-order chi connectivity index (χ1) is 8.49. The lowest BCUT2D eigenvalue weighted by molar-refractivity contribution is 0.0697. The van der Waals surface area contributed by atoms with Crippen molar-refractivity contribution < 1.29 is 14.7 Å². The van der Waals surface area contributed by atoms with Crippen LogP contribution in [-0.2, 0) is 7.05 Å². The molecule has 0 unspecified atom stereocenters. The molecule has 0 atom stereocenters. The maximum Gasteiger partial charge on any atom is 0.341 e. The Hall–Kier alpha value is -2.71. The van der Waals surface area contributed by atoms with E-state index in [0.29, 0.717) is 5.69 Å². The molecule has 9 heteroatoms. The SMILES string of the molecule is Cc1[nH]nc(NC(=O)c2cn(C)nn2)c1C(=O)O. The molecule has 0 saturated heterocycles. The van der Waals surface area contributed by atoms with Gasteiger partial charge in [-0.05, 0) is 6.92 Å². The Balaban J connectivity index is 2.25. The number of aromatic amines is 1. The monoisotopic (exact) mass is 250 g/mol. The molecule has 0 aliphatic carbocycles. The quantitative estimate of drug-likeness (QED) is 0.692. The Bertz CT molecular complexity index is 614. The minimum Gasteiger partial charge on any atom is -0.477 e. The summed E-state index contributed by atoms with van der Waals surface area (Å²) in [4.78, 5) is 22.7. The summed E-state index contributed by atoms with van der Waals surface area (Å²) < 4.78 is 1.36. The van der Waals surface area contributed by atoms with Crippen LogP contribution in [0, 0.1) is 6.92 Å². The molecule has 2 aromatic rings. The van der Waals surface area contributed by atoms with Crippen LogP contribution in [0.4, 0.5) is 5.82 Å². The van der Waals surface area contributed by atoms with Crippen LogP contribution in [0.3, 0.4) is 0 Å². The maximum atomic E-state index is 11.7. The van der Waals surface area contributed by atoms with Crippen molar-refractivity contribution in [3.05, 3.63) is 23.1 Å². The lowest BCUT2D eigenvalue weighted by Gasteiger charge is -2.00. The smallest absolute Gasteiger partial charge is 0.341 e. The number of aromatic nitrogens is 5. The first-order valence-electron chi connectivity index (χ1n) is 4.95. The van der Waals surface area contributed by atoms with Crippen molar-refractivity contribution in [2.24, 2.45) is 7.05 Å². The zero-order valence-electron chi connectivity index (χ0n) is 9.63. The van der Waals surface area contributed by atoms with E-state index >= 15 is 0 Å². The van der Waals surface area contributed by atoms with E-state index in [2.05, 4.69) is 25.8 Å². The average Bonchev–Trinajstić information content (AvgIpc) is 2.85. The van der Waals surface area contributed by atoms with Gasteiger partial charge in [-0.3, -0.25) is 14.6 Å². The number of hydrogen-bond donors (Lipinski definition) is 3. The molecule has 0 fully saturated rings. The zero-order valence-corrected chi connectivity index (χ0v) is 9.63. The number of carboxylic acids is 1. The molecule has 0 aliphatic rings. The van der Waals surface area contributed by atoms with Crippen LogP contribution in [0.2, 0.25) is 0 Å². The van der Waals surface area contributed by atoms with Crippen molar-refractivity contribution in [3.63, 3.8) is 0 Å². The normalized spacial score (nSPS) is 10.3. The lowest BCUT2D eigenvalue weighted by Crippen LogP contribution is -2.15. The van der Waals surface area contributed by atoms with Gasteiger partial charge >= 0.3 is 5.97 Å². The first kappa shape index (κ1) is 11.8. The molecule has 94 valence electrons. The Morgan fingerprint density at radius 2 is 2.22 bits per heavy atom. The summed E-state index contributed by atoms with van der Waals surface area (Å²) in [6.07, 6.45) is 1.41. The van der Waals surface area contributed by atoms with E-state index in [1.807, 2.05) is 0 Å². The third kappa shape index (κ3) is 2.05. The number of aromatic carboxylic acids is 1. The number of carboxylic acid groups (broad SMARTS) is 1. The van der Waals surface area contributed by atoms with Crippen molar-refractivity contribution in [1.29, 1.82) is 0 Å². The molecule has 0 radical (unpaired) electrons. The highest BCUT2D eigenvalue weighted by Crippen LogP contribution is 2.16. The first-order valence-corrected chi connectivity index (χ1v) is 4.95. The van der Waals surface area contributed by atoms with Gasteiger partial charge in [-0.25, -0.2) is 4.79 Å². The van der Waals surface area contributed by atoms with E-state index in [0.717, 1.165) is 0 Å². The fourth-order valence-electron chi connectivity index (χ4n) is 1.40. The van der Waals surface area contributed by atoms with Gasteiger partial charge in [0.2, 0.25) is 0 Å². The molecule has 0 spiro atoms. The Morgan fingerprint density at radius 1 is 1.50 bits per heavy atom. The molecule has 1 amide bonds. The highest BCUT2D eigenvalue weighted by molar-refractivity contribution is 6.06. The molecule has 0 aromatic carbocycles. The van der Waals surface area contributed by atoms with Crippen LogP contribution < -0.4 is 5.32 Å². The minimum absolute atomic E-state index is 0.0457. The Morgan fingerprint density at radius 3 is 2.78 bits per heavy atom. The summed E-state index contributed by atoms with van der Waals surface area (Å²) in [7, 11) is 1.62. The number of anilines is 1. The number of amides is 1. The van der Waals surface area contributed by atoms with Gasteiger partial charge in [-0.2, -0.15) is 5.10 Å². The number of nitrogens with zero attached hydrogens (tertiary/aromatic N) is 4. The van der Waals surface area contributed by atoms with Gasteiger partial charge in [0.1, 0.15) is 5.56 Å². The predicted molar refractivity (Wildman–Crippen MR) is 59.2 cm³/mol. The second kappa shape index (κ2) is 4.28. The summed E-state index contributed by atoms with van der Waals surface area (Å²) in [6, 6.07) is 0. The van der Waals surface area contributed by atoms with Crippen molar-refractivity contribution in [3.8, 4) is 0 Å². The second-order valence-corrected chi connectivity index (χ2v) is 3.61. The third-order valence-electron chi connectivity index (χ3n) is 2.23. The van der Waals surface area contributed by atoms with E-state index in [4.69, 9.17) is 5.11 Å². The predicted octanol–water partition coefficient (Wildman–Crippen LogP) is -0.203. The van der Waals surface area contributed by atoms with Crippen LogP contribution in [0.1, 0.15) is 26.5 Å². The molecule has 0 bridgehead atoms. The summed E-state index contributed by atoms with van der Waals surface area (Å²) in [5.74, 6) is -1.79. The minimum atomic E-state index is -1.17. The number of nitrogens with one attached hydrogen (secondary N) is 2. The number of carbonyl (C=O) groups excluding carboxylic acids is 1. The summed E-state index contributed by atoms with van der Waals surface area (Å²) in [5, 5.41) is 24.8. The molecule has 0 aliphatic heterocycles. The topological polar surface area (TPSA) is 126 Å². The number of aryl methyl sites for hydroxylation is 2. The van der Waals surface area contributed by atoms with E-state index in [9.17, 15) is 9.59 Å². The number of H-pyrrole nitrogens is 1. The van der Waals surface area contributed by atoms with Gasteiger partial charge in [-0.15, -0.1) is 5.10 Å². The van der Waals surface area contributed by atoms with E-state index in [1.165, 1.54) is 10.9 Å². The number of carbonyl (C=O) groups is 2. The van der Waals surface area contributed by atoms with Crippen LogP contribution >= 0.6 is 0 Å². The molecular weight excluding hydrogens is 240 g/mol. The maximum absolute atomic E-state index is 11.7. The molecule has 2 rings (SSSR count). The number of hydrogen-bond acceptors (Lipinski definition) is 5. The fraction of sp³-hybridized carbons (Fsp3) is 0.222. The van der Waals surface area contributed by atoms with E-state index in [-0.39, 0.29) is 17.1 Å². The van der Waals surface area contributed by atoms with Crippen molar-refractivity contribution >= 4 is 17.7 Å². The van der Waals surface area contributed by atoms with Gasteiger partial charge < -0.3 is 10.4 Å². The highest BCUT2D eigenvalue weighted by Gasteiger charge is 2.20. The van der Waals surface area contributed by atoms with E-state index < -0.39 is 11.9 Å². The molecule has 0 saturated carbocycles. The third-order valence-corrected chi connectivity index (χ3v) is 2.23. The van der Waals surface area contributed by atoms with Crippen LogP contribution in [0.5, 0.6) is 0 Å². The van der Waals surface area contributed by atoms with Crippen molar-refractivity contribution in [2.75, 3.05) is 5.32 Å². The Kier molecular flexibility index (Phi) is 2.80.